The average molecular weight is 321 g/mol. The molecule has 0 saturated carbocycles. The highest BCUT2D eigenvalue weighted by atomic mass is 79.9. The number of ether oxygens (including phenoxy) is 1. The van der Waals surface area contributed by atoms with Gasteiger partial charge in [-0.3, -0.25) is 0 Å². The molecule has 0 aromatic heterocycles. The number of alkyl halides is 1. The van der Waals surface area contributed by atoms with Crippen molar-refractivity contribution in [2.24, 2.45) is 0 Å². The summed E-state index contributed by atoms with van der Waals surface area (Å²) in [5.74, 6) is -0.536. The molecular formula is C15H10BrFO2. The van der Waals surface area contributed by atoms with Gasteiger partial charge in [-0.2, -0.15) is 0 Å². The molecule has 2 aromatic carbocycles. The highest BCUT2D eigenvalue weighted by Crippen LogP contribution is 2.43. The lowest BCUT2D eigenvalue weighted by Crippen LogP contribution is -2.31. The number of para-hydroxylation sites is 1. The fourth-order valence-electron chi connectivity index (χ4n) is 2.25. The van der Waals surface area contributed by atoms with Gasteiger partial charge in [0.05, 0.1) is 0 Å². The number of hydrogen-bond acceptors (Lipinski definition) is 2. The molecule has 3 rings (SSSR count). The fourth-order valence-corrected chi connectivity index (χ4v) is 2.67. The highest BCUT2D eigenvalue weighted by molar-refractivity contribution is 9.10. The van der Waals surface area contributed by atoms with Crippen molar-refractivity contribution in [3.8, 4) is 5.75 Å². The number of benzene rings is 2. The second kappa shape index (κ2) is 4.46. The Bertz CT molecular complexity index is 656. The molecule has 0 radical (unpaired) electrons. The first-order chi connectivity index (χ1) is 9.11. The fraction of sp³-hybridized carbons (Fsp3) is 0.133. The molecule has 0 spiro atoms. The van der Waals surface area contributed by atoms with Gasteiger partial charge in [0.1, 0.15) is 5.75 Å². The third kappa shape index (κ3) is 1.96. The van der Waals surface area contributed by atoms with E-state index in [1.165, 1.54) is 0 Å². The summed E-state index contributed by atoms with van der Waals surface area (Å²) in [5.41, 5.74) is -1.07. The molecule has 0 bridgehead atoms. The first-order valence-electron chi connectivity index (χ1n) is 5.85. The first kappa shape index (κ1) is 12.4. The molecule has 0 aliphatic carbocycles. The predicted molar refractivity (Wildman–Crippen MR) is 72.7 cm³/mol. The Morgan fingerprint density at radius 1 is 1.11 bits per heavy atom. The van der Waals surface area contributed by atoms with Gasteiger partial charge in [0.15, 0.2) is 0 Å². The maximum absolute atomic E-state index is 15.1. The number of carbonyl (C=O) groups is 1. The van der Waals surface area contributed by atoms with Crippen LogP contribution >= 0.6 is 15.9 Å². The molecule has 1 heterocycles. The molecule has 4 heteroatoms. The zero-order chi connectivity index (χ0) is 13.5. The van der Waals surface area contributed by atoms with Crippen molar-refractivity contribution >= 4 is 21.9 Å². The summed E-state index contributed by atoms with van der Waals surface area (Å²) in [6, 6.07) is 13.9. The molecule has 96 valence electrons. The normalized spacial score (nSPS) is 21.1. The second-order valence-corrected chi connectivity index (χ2v) is 5.31. The number of rotatable bonds is 2. The van der Waals surface area contributed by atoms with Crippen molar-refractivity contribution in [2.45, 2.75) is 12.1 Å². The summed E-state index contributed by atoms with van der Waals surface area (Å²) in [6.45, 7) is 0. The van der Waals surface area contributed by atoms with Crippen LogP contribution in [0.4, 0.5) is 4.39 Å². The molecule has 1 unspecified atom stereocenters. The molecule has 2 nitrogen and oxygen atoms in total. The number of carbonyl (C=O) groups excluding carboxylic acids is 1. The van der Waals surface area contributed by atoms with Crippen LogP contribution < -0.4 is 4.74 Å². The van der Waals surface area contributed by atoms with E-state index in [0.717, 1.165) is 10.0 Å². The molecule has 0 N–H and O–H groups in total. The Kier molecular flexibility index (Phi) is 2.90. The van der Waals surface area contributed by atoms with Crippen LogP contribution in [0.25, 0.3) is 0 Å². The van der Waals surface area contributed by atoms with Gasteiger partial charge in [0.2, 0.25) is 5.67 Å². The van der Waals surface area contributed by atoms with E-state index in [1.54, 1.807) is 30.3 Å². The molecule has 0 saturated heterocycles. The van der Waals surface area contributed by atoms with Gasteiger partial charge in [0, 0.05) is 16.5 Å². The molecule has 0 fully saturated rings. The lowest BCUT2D eigenvalue weighted by atomic mass is 9.90. The van der Waals surface area contributed by atoms with E-state index in [9.17, 15) is 4.79 Å². The standard InChI is InChI=1S/C15H10BrFO2/c16-12-7-3-1-5-10(12)9-15(17)11-6-2-4-8-13(11)19-14(15)18/h1-8H,9H2. The van der Waals surface area contributed by atoms with Crippen molar-refractivity contribution < 1.29 is 13.9 Å². The van der Waals surface area contributed by atoms with Crippen LogP contribution in [0.15, 0.2) is 53.0 Å². The van der Waals surface area contributed by atoms with Gasteiger partial charge in [0.25, 0.3) is 0 Å². The minimum absolute atomic E-state index is 0.0374. The second-order valence-electron chi connectivity index (χ2n) is 4.46. The zero-order valence-corrected chi connectivity index (χ0v) is 11.5. The molecule has 1 aliphatic heterocycles. The van der Waals surface area contributed by atoms with Crippen molar-refractivity contribution in [2.75, 3.05) is 0 Å². The van der Waals surface area contributed by atoms with Crippen LogP contribution in [0.2, 0.25) is 0 Å². The summed E-state index contributed by atoms with van der Waals surface area (Å²) in [4.78, 5) is 11.9. The minimum Gasteiger partial charge on any atom is -0.423 e. The molecule has 1 aliphatic rings. The minimum atomic E-state index is -2.11. The van der Waals surface area contributed by atoms with Crippen molar-refractivity contribution in [1.29, 1.82) is 0 Å². The van der Waals surface area contributed by atoms with Crippen LogP contribution in [0.1, 0.15) is 11.1 Å². The molecule has 0 amide bonds. The van der Waals surface area contributed by atoms with Crippen LogP contribution in [-0.2, 0) is 16.9 Å². The predicted octanol–water partition coefficient (Wildman–Crippen LogP) is 3.78. The molecule has 2 aromatic rings. The number of hydrogen-bond donors (Lipinski definition) is 0. The smallest absolute Gasteiger partial charge is 0.354 e. The topological polar surface area (TPSA) is 26.3 Å². The molecule has 1 atom stereocenters. The van der Waals surface area contributed by atoms with Gasteiger partial charge >= 0.3 is 5.97 Å². The van der Waals surface area contributed by atoms with Crippen LogP contribution in [0.3, 0.4) is 0 Å². The highest BCUT2D eigenvalue weighted by Gasteiger charge is 2.50. The summed E-state index contributed by atoms with van der Waals surface area (Å²) in [5, 5.41) is 0. The number of esters is 1. The van der Waals surface area contributed by atoms with Crippen LogP contribution in [0.5, 0.6) is 5.75 Å². The van der Waals surface area contributed by atoms with Gasteiger partial charge in [-0.05, 0) is 17.7 Å². The summed E-state index contributed by atoms with van der Waals surface area (Å²) >= 11 is 3.37. The van der Waals surface area contributed by atoms with Crippen molar-refractivity contribution in [3.63, 3.8) is 0 Å². The molecular weight excluding hydrogens is 311 g/mol. The number of halogens is 2. The van der Waals surface area contributed by atoms with Crippen LogP contribution in [-0.4, -0.2) is 5.97 Å². The van der Waals surface area contributed by atoms with E-state index in [4.69, 9.17) is 4.74 Å². The third-order valence-electron chi connectivity index (χ3n) is 3.23. The monoisotopic (exact) mass is 320 g/mol. The number of fused-ring (bicyclic) bond motifs is 1. The van der Waals surface area contributed by atoms with E-state index in [0.29, 0.717) is 11.3 Å². The average Bonchev–Trinajstić information content (AvgIpc) is 2.65. The van der Waals surface area contributed by atoms with Crippen molar-refractivity contribution in [3.05, 3.63) is 64.1 Å². The summed E-state index contributed by atoms with van der Waals surface area (Å²) in [7, 11) is 0. The first-order valence-corrected chi connectivity index (χ1v) is 6.65. The largest absolute Gasteiger partial charge is 0.423 e. The SMILES string of the molecule is O=C1Oc2ccccc2C1(F)Cc1ccccc1Br. The summed E-state index contributed by atoms with van der Waals surface area (Å²) < 4.78 is 20.9. The quantitative estimate of drug-likeness (QED) is 0.622. The maximum Gasteiger partial charge on any atom is 0.354 e. The van der Waals surface area contributed by atoms with Gasteiger partial charge in [-0.25, -0.2) is 9.18 Å². The summed E-state index contributed by atoms with van der Waals surface area (Å²) in [6.07, 6.45) is -0.0374. The van der Waals surface area contributed by atoms with E-state index < -0.39 is 11.6 Å². The van der Waals surface area contributed by atoms with Gasteiger partial charge in [-0.15, -0.1) is 0 Å². The van der Waals surface area contributed by atoms with E-state index >= 15 is 4.39 Å². The Balaban J connectivity index is 2.04. The Morgan fingerprint density at radius 3 is 2.58 bits per heavy atom. The Labute approximate surface area is 118 Å². The van der Waals surface area contributed by atoms with Crippen LogP contribution in [0, 0.1) is 0 Å². The van der Waals surface area contributed by atoms with Gasteiger partial charge in [-0.1, -0.05) is 52.3 Å². The van der Waals surface area contributed by atoms with E-state index in [2.05, 4.69) is 15.9 Å². The Morgan fingerprint density at radius 2 is 1.79 bits per heavy atom. The third-order valence-corrected chi connectivity index (χ3v) is 4.01. The van der Waals surface area contributed by atoms with Gasteiger partial charge < -0.3 is 4.74 Å². The molecule has 19 heavy (non-hydrogen) atoms. The van der Waals surface area contributed by atoms with Crippen molar-refractivity contribution in [1.82, 2.24) is 0 Å². The van der Waals surface area contributed by atoms with E-state index in [1.807, 2.05) is 18.2 Å². The Hall–Kier alpha value is -1.68. The maximum atomic E-state index is 15.1. The lowest BCUT2D eigenvalue weighted by Gasteiger charge is -2.17. The lowest BCUT2D eigenvalue weighted by molar-refractivity contribution is -0.144. The van der Waals surface area contributed by atoms with E-state index in [-0.39, 0.29) is 6.42 Å². The zero-order valence-electron chi connectivity index (χ0n) is 9.90.